The topological polar surface area (TPSA) is 58.6 Å². The Kier molecular flexibility index (Phi) is 5.75. The van der Waals surface area contributed by atoms with Crippen LogP contribution in [0, 0.1) is 5.82 Å². The Balaban J connectivity index is 1.76. The predicted molar refractivity (Wildman–Crippen MR) is 79.9 cm³/mol. The molecule has 0 aliphatic carbocycles. The molecule has 22 heavy (non-hydrogen) atoms. The zero-order valence-corrected chi connectivity index (χ0v) is 12.7. The van der Waals surface area contributed by atoms with Crippen molar-refractivity contribution in [2.45, 2.75) is 32.2 Å². The predicted octanol–water partition coefficient (Wildman–Crippen LogP) is 2.11. The molecule has 1 aliphatic rings. The van der Waals surface area contributed by atoms with Crippen LogP contribution in [0.15, 0.2) is 24.3 Å². The number of carbonyl (C=O) groups excluding carboxylic acids is 2. The van der Waals surface area contributed by atoms with E-state index in [9.17, 15) is 14.0 Å². The number of nitrogens with one attached hydrogen (secondary N) is 1. The monoisotopic (exact) mass is 308 g/mol. The molecule has 1 aromatic rings. The number of hydrogen-bond acceptors (Lipinski definition) is 3. The highest BCUT2D eigenvalue weighted by Crippen LogP contribution is 2.12. The summed E-state index contributed by atoms with van der Waals surface area (Å²) in [5.41, 5.74) is 0.654. The van der Waals surface area contributed by atoms with Gasteiger partial charge in [-0.2, -0.15) is 0 Å². The molecule has 2 amide bonds. The van der Waals surface area contributed by atoms with Gasteiger partial charge in [-0.3, -0.25) is 4.79 Å². The van der Waals surface area contributed by atoms with Crippen molar-refractivity contribution in [3.05, 3.63) is 35.6 Å². The molecule has 1 fully saturated rings. The lowest BCUT2D eigenvalue weighted by molar-refractivity contribution is -0.121. The first-order valence-corrected chi connectivity index (χ1v) is 7.54. The highest BCUT2D eigenvalue weighted by Gasteiger charge is 2.24. The zero-order chi connectivity index (χ0) is 15.9. The lowest BCUT2D eigenvalue weighted by Crippen LogP contribution is -2.47. The van der Waals surface area contributed by atoms with E-state index in [-0.39, 0.29) is 30.3 Å². The van der Waals surface area contributed by atoms with Gasteiger partial charge in [-0.1, -0.05) is 12.1 Å². The molecule has 1 aromatic carbocycles. The highest BCUT2D eigenvalue weighted by atomic mass is 19.1. The Morgan fingerprint density at radius 1 is 1.36 bits per heavy atom. The largest absolute Gasteiger partial charge is 0.450 e. The average Bonchev–Trinajstić information content (AvgIpc) is 2.48. The molecule has 1 N–H and O–H groups in total. The van der Waals surface area contributed by atoms with Gasteiger partial charge in [0.25, 0.3) is 0 Å². The normalized spacial score (nSPS) is 15.5. The molecule has 1 heterocycles. The highest BCUT2D eigenvalue weighted by molar-refractivity contribution is 5.78. The summed E-state index contributed by atoms with van der Waals surface area (Å²) in [4.78, 5) is 25.2. The molecule has 6 heteroatoms. The van der Waals surface area contributed by atoms with Crippen LogP contribution < -0.4 is 5.32 Å². The number of amides is 2. The van der Waals surface area contributed by atoms with E-state index < -0.39 is 0 Å². The van der Waals surface area contributed by atoms with Crippen LogP contribution in [0.3, 0.4) is 0 Å². The number of nitrogens with zero attached hydrogens (tertiary/aromatic N) is 1. The SMILES string of the molecule is CCOC(=O)N1CCC(NC(=O)Cc2cccc(F)c2)CC1. The fourth-order valence-electron chi connectivity index (χ4n) is 2.53. The minimum Gasteiger partial charge on any atom is -0.450 e. The summed E-state index contributed by atoms with van der Waals surface area (Å²) in [7, 11) is 0. The number of carbonyl (C=O) groups is 2. The Hall–Kier alpha value is -2.11. The van der Waals surface area contributed by atoms with Crippen molar-refractivity contribution in [2.75, 3.05) is 19.7 Å². The average molecular weight is 308 g/mol. The van der Waals surface area contributed by atoms with Crippen LogP contribution in [0.5, 0.6) is 0 Å². The summed E-state index contributed by atoms with van der Waals surface area (Å²) < 4.78 is 18.0. The fourth-order valence-corrected chi connectivity index (χ4v) is 2.53. The van der Waals surface area contributed by atoms with E-state index in [0.717, 1.165) is 0 Å². The quantitative estimate of drug-likeness (QED) is 0.927. The molecule has 0 bridgehead atoms. The van der Waals surface area contributed by atoms with Gasteiger partial charge in [0.15, 0.2) is 0 Å². The van der Waals surface area contributed by atoms with Gasteiger partial charge < -0.3 is 15.0 Å². The smallest absolute Gasteiger partial charge is 0.409 e. The van der Waals surface area contributed by atoms with Crippen LogP contribution in [0.4, 0.5) is 9.18 Å². The number of ether oxygens (including phenoxy) is 1. The maximum atomic E-state index is 13.1. The standard InChI is InChI=1S/C16H21FN2O3/c1-2-22-16(21)19-8-6-14(7-9-19)18-15(20)11-12-4-3-5-13(17)10-12/h3-5,10,14H,2,6-9,11H2,1H3,(H,18,20). The number of likely N-dealkylation sites (tertiary alicyclic amines) is 1. The first-order chi connectivity index (χ1) is 10.6. The van der Waals surface area contributed by atoms with Gasteiger partial charge in [0.05, 0.1) is 13.0 Å². The number of rotatable bonds is 4. The Morgan fingerprint density at radius 3 is 2.73 bits per heavy atom. The lowest BCUT2D eigenvalue weighted by Gasteiger charge is -2.31. The van der Waals surface area contributed by atoms with Crippen LogP contribution >= 0.6 is 0 Å². The van der Waals surface area contributed by atoms with E-state index >= 15 is 0 Å². The first-order valence-electron chi connectivity index (χ1n) is 7.54. The number of benzene rings is 1. The van der Waals surface area contributed by atoms with Gasteiger partial charge in [0.2, 0.25) is 5.91 Å². The van der Waals surface area contributed by atoms with Crippen LogP contribution in [-0.2, 0) is 16.0 Å². The van der Waals surface area contributed by atoms with Gasteiger partial charge in [-0.15, -0.1) is 0 Å². The summed E-state index contributed by atoms with van der Waals surface area (Å²) in [6.45, 7) is 3.29. The number of halogens is 1. The fraction of sp³-hybridized carbons (Fsp3) is 0.500. The molecular formula is C16H21FN2O3. The molecule has 0 unspecified atom stereocenters. The molecule has 2 rings (SSSR count). The summed E-state index contributed by atoms with van der Waals surface area (Å²) >= 11 is 0. The van der Waals surface area contributed by atoms with Crippen molar-refractivity contribution >= 4 is 12.0 Å². The van der Waals surface area contributed by atoms with Crippen LogP contribution in [0.25, 0.3) is 0 Å². The first kappa shape index (κ1) is 16.3. The third-order valence-corrected chi connectivity index (χ3v) is 3.64. The molecular weight excluding hydrogens is 287 g/mol. The Morgan fingerprint density at radius 2 is 2.09 bits per heavy atom. The van der Waals surface area contributed by atoms with Gasteiger partial charge >= 0.3 is 6.09 Å². The Labute approximate surface area is 129 Å². The van der Waals surface area contributed by atoms with Gasteiger partial charge in [0, 0.05) is 19.1 Å². The number of piperidine rings is 1. The molecule has 0 atom stereocenters. The van der Waals surface area contributed by atoms with Crippen molar-refractivity contribution in [3.63, 3.8) is 0 Å². The number of hydrogen-bond donors (Lipinski definition) is 1. The molecule has 0 aromatic heterocycles. The van der Waals surface area contributed by atoms with E-state index in [2.05, 4.69) is 5.32 Å². The van der Waals surface area contributed by atoms with Gasteiger partial charge in [0.1, 0.15) is 5.82 Å². The third-order valence-electron chi connectivity index (χ3n) is 3.64. The molecule has 1 saturated heterocycles. The molecule has 0 spiro atoms. The van der Waals surface area contributed by atoms with Crippen molar-refractivity contribution < 1.29 is 18.7 Å². The molecule has 0 radical (unpaired) electrons. The second-order valence-corrected chi connectivity index (χ2v) is 5.33. The molecule has 5 nitrogen and oxygen atoms in total. The van der Waals surface area contributed by atoms with Crippen molar-refractivity contribution in [3.8, 4) is 0 Å². The van der Waals surface area contributed by atoms with E-state index in [4.69, 9.17) is 4.74 Å². The second-order valence-electron chi connectivity index (χ2n) is 5.33. The summed E-state index contributed by atoms with van der Waals surface area (Å²) in [6.07, 6.45) is 1.27. The van der Waals surface area contributed by atoms with Crippen molar-refractivity contribution in [2.24, 2.45) is 0 Å². The maximum absolute atomic E-state index is 13.1. The minimum atomic E-state index is -0.340. The second kappa shape index (κ2) is 7.77. The van der Waals surface area contributed by atoms with E-state index in [1.54, 1.807) is 24.0 Å². The van der Waals surface area contributed by atoms with Gasteiger partial charge in [-0.05, 0) is 37.5 Å². The van der Waals surface area contributed by atoms with Crippen LogP contribution in [0.2, 0.25) is 0 Å². The Bertz CT molecular complexity index is 528. The van der Waals surface area contributed by atoms with E-state index in [1.807, 2.05) is 0 Å². The summed E-state index contributed by atoms with van der Waals surface area (Å²) in [5.74, 6) is -0.465. The van der Waals surface area contributed by atoms with Crippen molar-refractivity contribution in [1.29, 1.82) is 0 Å². The molecule has 120 valence electrons. The lowest BCUT2D eigenvalue weighted by atomic mass is 10.0. The van der Waals surface area contributed by atoms with Gasteiger partial charge in [-0.25, -0.2) is 9.18 Å². The minimum absolute atomic E-state index is 0.0479. The van der Waals surface area contributed by atoms with E-state index in [1.165, 1.54) is 12.1 Å². The molecule has 1 aliphatic heterocycles. The zero-order valence-electron chi connectivity index (χ0n) is 12.7. The van der Waals surface area contributed by atoms with Crippen LogP contribution in [-0.4, -0.2) is 42.6 Å². The third kappa shape index (κ3) is 4.72. The van der Waals surface area contributed by atoms with Crippen LogP contribution in [0.1, 0.15) is 25.3 Å². The van der Waals surface area contributed by atoms with Crippen molar-refractivity contribution in [1.82, 2.24) is 10.2 Å². The van der Waals surface area contributed by atoms with E-state index in [0.29, 0.717) is 38.1 Å². The molecule has 0 saturated carbocycles. The maximum Gasteiger partial charge on any atom is 0.409 e. The summed E-state index contributed by atoms with van der Waals surface area (Å²) in [5, 5.41) is 2.94. The summed E-state index contributed by atoms with van der Waals surface area (Å²) in [6, 6.07) is 6.09.